The van der Waals surface area contributed by atoms with E-state index in [1.807, 2.05) is 24.3 Å². The van der Waals surface area contributed by atoms with Crippen LogP contribution in [0.15, 0.2) is 48.5 Å². The van der Waals surface area contributed by atoms with Crippen LogP contribution in [0.4, 0.5) is 11.4 Å². The van der Waals surface area contributed by atoms with Crippen molar-refractivity contribution in [2.45, 2.75) is 44.9 Å². The zero-order valence-electron chi connectivity index (χ0n) is 15.6. The van der Waals surface area contributed by atoms with Crippen LogP contribution in [0.3, 0.4) is 0 Å². The molecular formula is C21H26N4O2+2. The lowest BCUT2D eigenvalue weighted by Gasteiger charge is -2.06. The lowest BCUT2D eigenvalue weighted by molar-refractivity contribution is 0.300. The number of hydrogen-bond acceptors (Lipinski definition) is 4. The van der Waals surface area contributed by atoms with Gasteiger partial charge < -0.3 is 9.47 Å². The molecule has 0 aliphatic heterocycles. The molecule has 0 spiro atoms. The Kier molecular flexibility index (Phi) is 9.18. The summed E-state index contributed by atoms with van der Waals surface area (Å²) in [5.74, 6) is 1.48. The molecule has 0 bridgehead atoms. The summed E-state index contributed by atoms with van der Waals surface area (Å²) < 4.78 is 11.3. The van der Waals surface area contributed by atoms with Crippen molar-refractivity contribution in [1.29, 1.82) is 10.8 Å². The first-order valence-corrected chi connectivity index (χ1v) is 9.48. The molecule has 0 N–H and O–H groups in total. The smallest absolute Gasteiger partial charge is 0.388 e. The molecule has 0 fully saturated rings. The second-order valence-corrected chi connectivity index (χ2v) is 6.37. The molecule has 0 aromatic heterocycles. The summed E-state index contributed by atoms with van der Waals surface area (Å²) in [6.07, 6.45) is 7.98. The van der Waals surface area contributed by atoms with Crippen LogP contribution in [-0.4, -0.2) is 13.2 Å². The Labute approximate surface area is 160 Å². The van der Waals surface area contributed by atoms with Crippen LogP contribution < -0.4 is 9.47 Å². The topological polar surface area (TPSA) is 74.8 Å². The quantitative estimate of drug-likeness (QED) is 0.304. The fourth-order valence-electron chi connectivity index (χ4n) is 2.74. The minimum absolute atomic E-state index is 0.507. The fourth-order valence-corrected chi connectivity index (χ4v) is 2.74. The lowest BCUT2D eigenvalue weighted by Crippen LogP contribution is -1.98. The Bertz CT molecular complexity index is 715. The highest BCUT2D eigenvalue weighted by Gasteiger charge is 2.06. The van der Waals surface area contributed by atoms with Crippen molar-refractivity contribution in [2.75, 3.05) is 13.2 Å². The highest BCUT2D eigenvalue weighted by atomic mass is 16.5. The minimum atomic E-state index is 0.507. The van der Waals surface area contributed by atoms with Crippen molar-refractivity contribution in [1.82, 2.24) is 0 Å². The third kappa shape index (κ3) is 8.20. The molecular weight excluding hydrogens is 340 g/mol. The molecule has 140 valence electrons. The van der Waals surface area contributed by atoms with Crippen molar-refractivity contribution in [2.24, 2.45) is 0 Å². The number of hydrogen-bond donors (Lipinski definition) is 0. The third-order valence-corrected chi connectivity index (χ3v) is 4.19. The highest BCUT2D eigenvalue weighted by molar-refractivity contribution is 5.48. The molecule has 27 heavy (non-hydrogen) atoms. The van der Waals surface area contributed by atoms with Gasteiger partial charge in [0.15, 0.2) is 9.95 Å². The molecule has 0 radical (unpaired) electrons. The molecule has 0 atom stereocenters. The maximum absolute atomic E-state index is 8.74. The van der Waals surface area contributed by atoms with Crippen molar-refractivity contribution in [3.8, 4) is 11.5 Å². The number of nitrogens with zero attached hydrogens (tertiary/aromatic N) is 4. The van der Waals surface area contributed by atoms with E-state index in [2.05, 4.69) is 9.95 Å². The normalized spacial score (nSPS) is 10.0. The van der Waals surface area contributed by atoms with Gasteiger partial charge in [-0.1, -0.05) is 44.2 Å². The number of rotatable bonds is 12. The van der Waals surface area contributed by atoms with Gasteiger partial charge in [-0.2, -0.15) is 0 Å². The van der Waals surface area contributed by atoms with E-state index < -0.39 is 0 Å². The summed E-state index contributed by atoms with van der Waals surface area (Å²) in [5.41, 5.74) is 1.01. The maximum atomic E-state index is 8.74. The second-order valence-electron chi connectivity index (χ2n) is 6.37. The average Bonchev–Trinajstić information content (AvgIpc) is 2.72. The summed E-state index contributed by atoms with van der Waals surface area (Å²) in [6.45, 7) is 1.36. The van der Waals surface area contributed by atoms with Gasteiger partial charge in [-0.15, -0.1) is 0 Å². The van der Waals surface area contributed by atoms with Gasteiger partial charge in [0.05, 0.1) is 25.3 Å². The minimum Gasteiger partial charge on any atom is -0.493 e. The molecule has 2 rings (SSSR count). The van der Waals surface area contributed by atoms with Crippen LogP contribution in [0.25, 0.3) is 9.95 Å². The molecule has 0 aliphatic rings. The van der Waals surface area contributed by atoms with Crippen molar-refractivity contribution in [3.63, 3.8) is 0 Å². The van der Waals surface area contributed by atoms with E-state index in [-0.39, 0.29) is 0 Å². The summed E-state index contributed by atoms with van der Waals surface area (Å²) in [4.78, 5) is 6.30. The predicted octanol–water partition coefficient (Wildman–Crippen LogP) is 6.84. The molecule has 2 aromatic carbocycles. The van der Waals surface area contributed by atoms with Gasteiger partial charge in [0.2, 0.25) is 10.8 Å². The van der Waals surface area contributed by atoms with E-state index in [4.69, 9.17) is 20.3 Å². The zero-order valence-corrected chi connectivity index (χ0v) is 15.6. The second kappa shape index (κ2) is 12.3. The standard InChI is InChI=1S/C21H26N4O2/c22-24-18-10-8-12-20(16-18)26-14-6-4-2-1-3-5-7-15-27-21-13-9-11-19(17-21)25-23/h8-13,16-17H,1-7,14-15H2/q+2. The number of unbranched alkanes of at least 4 members (excludes halogenated alkanes) is 6. The van der Waals surface area contributed by atoms with E-state index in [9.17, 15) is 0 Å². The fraction of sp³-hybridized carbons (Fsp3) is 0.429. The monoisotopic (exact) mass is 366 g/mol. The van der Waals surface area contributed by atoms with Gasteiger partial charge in [-0.05, 0) is 25.0 Å². The van der Waals surface area contributed by atoms with Crippen molar-refractivity contribution >= 4 is 11.4 Å². The van der Waals surface area contributed by atoms with Gasteiger partial charge in [0.25, 0.3) is 0 Å². The Morgan fingerprint density at radius 2 is 1.00 bits per heavy atom. The zero-order chi connectivity index (χ0) is 19.2. The Hall–Kier alpha value is -3.12. The van der Waals surface area contributed by atoms with Gasteiger partial charge in [-0.3, -0.25) is 0 Å². The largest absolute Gasteiger partial charge is 0.493 e. The van der Waals surface area contributed by atoms with Crippen LogP contribution in [0.1, 0.15) is 44.9 Å². The van der Waals surface area contributed by atoms with E-state index in [1.54, 1.807) is 24.3 Å². The Morgan fingerprint density at radius 3 is 1.41 bits per heavy atom. The maximum Gasteiger partial charge on any atom is 0.388 e. The first-order valence-electron chi connectivity index (χ1n) is 9.48. The van der Waals surface area contributed by atoms with E-state index >= 15 is 0 Å². The number of diazo groups is 2. The summed E-state index contributed by atoms with van der Waals surface area (Å²) in [5, 5.41) is 17.5. The highest BCUT2D eigenvalue weighted by Crippen LogP contribution is 2.21. The van der Waals surface area contributed by atoms with Gasteiger partial charge in [-0.25, -0.2) is 0 Å². The first kappa shape index (κ1) is 20.2. The molecule has 6 heteroatoms. The van der Waals surface area contributed by atoms with E-state index in [0.717, 1.165) is 37.2 Å². The molecule has 0 amide bonds. The first-order chi connectivity index (χ1) is 13.3. The SMILES string of the molecule is N#[N+]c1cccc(OCCCCCCCCCOc2cccc([N+]#N)c2)c1. The van der Waals surface area contributed by atoms with Crippen LogP contribution in [0.2, 0.25) is 0 Å². The Morgan fingerprint density at radius 1 is 0.593 bits per heavy atom. The molecule has 0 heterocycles. The number of benzene rings is 2. The number of ether oxygens (including phenoxy) is 2. The molecule has 0 saturated heterocycles. The lowest BCUT2D eigenvalue weighted by atomic mass is 10.1. The molecule has 2 aromatic rings. The van der Waals surface area contributed by atoms with Crippen LogP contribution >= 0.6 is 0 Å². The molecule has 0 aliphatic carbocycles. The third-order valence-electron chi connectivity index (χ3n) is 4.19. The summed E-state index contributed by atoms with van der Waals surface area (Å²) in [7, 11) is 0. The van der Waals surface area contributed by atoms with Crippen LogP contribution in [-0.2, 0) is 0 Å². The van der Waals surface area contributed by atoms with E-state index in [1.165, 1.54) is 19.3 Å². The summed E-state index contributed by atoms with van der Waals surface area (Å²) in [6, 6.07) is 14.2. The van der Waals surface area contributed by atoms with Gasteiger partial charge in [0, 0.05) is 12.1 Å². The van der Waals surface area contributed by atoms with Crippen LogP contribution in [0, 0.1) is 10.8 Å². The van der Waals surface area contributed by atoms with Gasteiger partial charge >= 0.3 is 11.4 Å². The molecule has 6 nitrogen and oxygen atoms in total. The van der Waals surface area contributed by atoms with Crippen molar-refractivity contribution in [3.05, 3.63) is 58.5 Å². The average molecular weight is 366 g/mol. The van der Waals surface area contributed by atoms with Gasteiger partial charge in [0.1, 0.15) is 11.5 Å². The predicted molar refractivity (Wildman–Crippen MR) is 106 cm³/mol. The van der Waals surface area contributed by atoms with E-state index in [0.29, 0.717) is 24.6 Å². The van der Waals surface area contributed by atoms with Crippen LogP contribution in [0.5, 0.6) is 11.5 Å². The molecule has 0 saturated carbocycles. The summed E-state index contributed by atoms with van der Waals surface area (Å²) >= 11 is 0. The molecule has 0 unspecified atom stereocenters. The Balaban J connectivity index is 1.42. The van der Waals surface area contributed by atoms with Crippen molar-refractivity contribution < 1.29 is 9.47 Å².